The van der Waals surface area contributed by atoms with Gasteiger partial charge in [-0.2, -0.15) is 0 Å². The Labute approximate surface area is 143 Å². The van der Waals surface area contributed by atoms with Gasteiger partial charge in [-0.25, -0.2) is 13.1 Å². The van der Waals surface area contributed by atoms with Gasteiger partial charge in [0.15, 0.2) is 0 Å². The Hall–Kier alpha value is -1.64. The fourth-order valence-corrected chi connectivity index (χ4v) is 3.75. The molecule has 7 nitrogen and oxygen atoms in total. The molecule has 1 heterocycles. The van der Waals surface area contributed by atoms with Crippen molar-refractivity contribution in [3.05, 3.63) is 23.8 Å². The quantitative estimate of drug-likeness (QED) is 0.756. The predicted molar refractivity (Wildman–Crippen MR) is 91.8 cm³/mol. The molecule has 1 aromatic carbocycles. The van der Waals surface area contributed by atoms with Crippen molar-refractivity contribution in [1.29, 1.82) is 0 Å². The van der Waals surface area contributed by atoms with Gasteiger partial charge in [-0.15, -0.1) is 0 Å². The van der Waals surface area contributed by atoms with Crippen LogP contribution in [0.5, 0.6) is 5.75 Å². The van der Waals surface area contributed by atoms with E-state index in [0.717, 1.165) is 25.9 Å². The smallest absolute Gasteiger partial charge is 0.255 e. The van der Waals surface area contributed by atoms with E-state index >= 15 is 0 Å². The van der Waals surface area contributed by atoms with Crippen LogP contribution in [0.15, 0.2) is 23.1 Å². The largest absolute Gasteiger partial charge is 0.496 e. The monoisotopic (exact) mass is 355 g/mol. The number of rotatable bonds is 7. The standard InChI is InChI=1S/C16H25N3O4S/c1-4-19-9-5-6-12(19)11-18-16(20)14-10-13(24(21,22)17-2)7-8-15(14)23-3/h7-8,10,12,17H,4-6,9,11H2,1-3H3,(H,18,20)/t12-/m0/s1. The molecule has 8 heteroatoms. The number of nitrogens with one attached hydrogen (secondary N) is 2. The lowest BCUT2D eigenvalue weighted by molar-refractivity contribution is 0.0938. The first-order valence-corrected chi connectivity index (χ1v) is 9.55. The average Bonchev–Trinajstić information content (AvgIpc) is 3.06. The van der Waals surface area contributed by atoms with Crippen LogP contribution >= 0.6 is 0 Å². The van der Waals surface area contributed by atoms with Crippen LogP contribution in [0.25, 0.3) is 0 Å². The lowest BCUT2D eigenvalue weighted by Crippen LogP contribution is -2.40. The number of ether oxygens (including phenoxy) is 1. The van der Waals surface area contributed by atoms with Crippen molar-refractivity contribution in [2.75, 3.05) is 33.8 Å². The normalized spacial score (nSPS) is 18.5. The van der Waals surface area contributed by atoms with Crippen LogP contribution in [0.2, 0.25) is 0 Å². The fraction of sp³-hybridized carbons (Fsp3) is 0.562. The van der Waals surface area contributed by atoms with E-state index in [4.69, 9.17) is 4.74 Å². The minimum atomic E-state index is -3.62. The van der Waals surface area contributed by atoms with Gasteiger partial charge in [0.1, 0.15) is 5.75 Å². The van der Waals surface area contributed by atoms with E-state index in [-0.39, 0.29) is 16.4 Å². The summed E-state index contributed by atoms with van der Waals surface area (Å²) in [4.78, 5) is 14.9. The minimum absolute atomic E-state index is 0.0343. The number of nitrogens with zero attached hydrogens (tertiary/aromatic N) is 1. The highest BCUT2D eigenvalue weighted by Gasteiger charge is 2.24. The Morgan fingerprint density at radius 2 is 2.17 bits per heavy atom. The number of hydrogen-bond acceptors (Lipinski definition) is 5. The predicted octanol–water partition coefficient (Wildman–Crippen LogP) is 0.817. The molecule has 24 heavy (non-hydrogen) atoms. The molecule has 1 aliphatic heterocycles. The van der Waals surface area contributed by atoms with Crippen molar-refractivity contribution >= 4 is 15.9 Å². The molecule has 1 saturated heterocycles. The molecule has 0 saturated carbocycles. The molecule has 134 valence electrons. The van der Waals surface area contributed by atoms with Crippen LogP contribution in [-0.2, 0) is 10.0 Å². The molecular weight excluding hydrogens is 330 g/mol. The number of hydrogen-bond donors (Lipinski definition) is 2. The Morgan fingerprint density at radius 3 is 2.79 bits per heavy atom. The average molecular weight is 355 g/mol. The maximum Gasteiger partial charge on any atom is 0.255 e. The fourth-order valence-electron chi connectivity index (χ4n) is 3.00. The summed E-state index contributed by atoms with van der Waals surface area (Å²) in [6.07, 6.45) is 2.19. The van der Waals surface area contributed by atoms with E-state index < -0.39 is 10.0 Å². The minimum Gasteiger partial charge on any atom is -0.496 e. The first kappa shape index (κ1) is 18.7. The summed E-state index contributed by atoms with van der Waals surface area (Å²) in [7, 11) is -0.832. The number of likely N-dealkylation sites (tertiary alicyclic amines) is 1. The SMILES string of the molecule is CCN1CCC[C@H]1CNC(=O)c1cc(S(=O)(=O)NC)ccc1OC. The summed E-state index contributed by atoms with van der Waals surface area (Å²) in [6.45, 7) is 4.66. The summed E-state index contributed by atoms with van der Waals surface area (Å²) in [5, 5.41) is 2.90. The number of methoxy groups -OCH3 is 1. The first-order valence-electron chi connectivity index (χ1n) is 8.06. The molecule has 1 atom stereocenters. The van der Waals surface area contributed by atoms with E-state index in [1.807, 2.05) is 0 Å². The Kier molecular flexibility index (Phi) is 6.20. The molecule has 0 radical (unpaired) electrons. The number of benzene rings is 1. The van der Waals surface area contributed by atoms with Crippen molar-refractivity contribution in [2.45, 2.75) is 30.7 Å². The third kappa shape index (κ3) is 4.06. The van der Waals surface area contributed by atoms with Crippen molar-refractivity contribution in [1.82, 2.24) is 14.9 Å². The van der Waals surface area contributed by atoms with Crippen LogP contribution in [0.1, 0.15) is 30.1 Å². The number of carbonyl (C=O) groups excluding carboxylic acids is 1. The van der Waals surface area contributed by atoms with Gasteiger partial charge < -0.3 is 10.1 Å². The van der Waals surface area contributed by atoms with E-state index in [9.17, 15) is 13.2 Å². The van der Waals surface area contributed by atoms with E-state index in [1.54, 1.807) is 0 Å². The molecule has 0 bridgehead atoms. The van der Waals surface area contributed by atoms with Crippen LogP contribution in [0, 0.1) is 0 Å². The highest BCUT2D eigenvalue weighted by atomic mass is 32.2. The van der Waals surface area contributed by atoms with Crippen LogP contribution in [-0.4, -0.2) is 59.1 Å². The molecule has 0 aliphatic carbocycles. The molecule has 1 fully saturated rings. The second kappa shape index (κ2) is 7.96. The van der Waals surface area contributed by atoms with E-state index in [1.165, 1.54) is 32.4 Å². The highest BCUT2D eigenvalue weighted by molar-refractivity contribution is 7.89. The zero-order chi connectivity index (χ0) is 17.7. The van der Waals surface area contributed by atoms with Gasteiger partial charge >= 0.3 is 0 Å². The summed E-state index contributed by atoms with van der Waals surface area (Å²) < 4.78 is 31.3. The maximum atomic E-state index is 12.5. The van der Waals surface area contributed by atoms with Gasteiger partial charge in [-0.05, 0) is 51.2 Å². The van der Waals surface area contributed by atoms with Gasteiger partial charge in [0.25, 0.3) is 5.91 Å². The number of carbonyl (C=O) groups is 1. The number of likely N-dealkylation sites (N-methyl/N-ethyl adjacent to an activating group) is 1. The Morgan fingerprint density at radius 1 is 1.42 bits per heavy atom. The second-order valence-corrected chi connectivity index (χ2v) is 7.59. The zero-order valence-corrected chi connectivity index (χ0v) is 15.1. The van der Waals surface area contributed by atoms with Crippen LogP contribution in [0.3, 0.4) is 0 Å². The van der Waals surface area contributed by atoms with Crippen molar-refractivity contribution in [3.8, 4) is 5.75 Å². The summed E-state index contributed by atoms with van der Waals surface area (Å²) in [5.41, 5.74) is 0.217. The van der Waals surface area contributed by atoms with E-state index in [2.05, 4.69) is 21.9 Å². The first-order chi connectivity index (χ1) is 11.4. The Balaban J connectivity index is 2.17. The van der Waals surface area contributed by atoms with Crippen molar-refractivity contribution in [2.24, 2.45) is 0 Å². The molecule has 0 unspecified atom stereocenters. The lowest BCUT2D eigenvalue weighted by atomic mass is 10.1. The van der Waals surface area contributed by atoms with Gasteiger partial charge in [0.05, 0.1) is 17.6 Å². The van der Waals surface area contributed by atoms with Gasteiger partial charge in [0.2, 0.25) is 10.0 Å². The Bertz CT molecular complexity index is 691. The molecule has 2 rings (SSSR count). The molecule has 2 N–H and O–H groups in total. The second-order valence-electron chi connectivity index (χ2n) is 5.70. The molecule has 1 aromatic rings. The maximum absolute atomic E-state index is 12.5. The summed E-state index contributed by atoms with van der Waals surface area (Å²) in [6, 6.07) is 4.57. The third-order valence-electron chi connectivity index (χ3n) is 4.40. The molecule has 0 aromatic heterocycles. The van der Waals surface area contributed by atoms with Crippen LogP contribution in [0.4, 0.5) is 0 Å². The molecular formula is C16H25N3O4S. The number of sulfonamides is 1. The molecule has 0 spiro atoms. The summed E-state index contributed by atoms with van der Waals surface area (Å²) >= 11 is 0. The third-order valence-corrected chi connectivity index (χ3v) is 5.81. The summed E-state index contributed by atoms with van der Waals surface area (Å²) in [5.74, 6) is 0.0179. The molecule has 1 aliphatic rings. The van der Waals surface area contributed by atoms with Gasteiger partial charge in [-0.1, -0.05) is 6.92 Å². The van der Waals surface area contributed by atoms with Gasteiger partial charge in [0, 0.05) is 12.6 Å². The van der Waals surface area contributed by atoms with Crippen molar-refractivity contribution < 1.29 is 17.9 Å². The zero-order valence-electron chi connectivity index (χ0n) is 14.3. The number of amides is 1. The highest BCUT2D eigenvalue weighted by Crippen LogP contribution is 2.23. The topological polar surface area (TPSA) is 87.7 Å². The van der Waals surface area contributed by atoms with Gasteiger partial charge in [-0.3, -0.25) is 9.69 Å². The lowest BCUT2D eigenvalue weighted by Gasteiger charge is -2.23. The van der Waals surface area contributed by atoms with E-state index in [0.29, 0.717) is 18.3 Å². The van der Waals surface area contributed by atoms with Crippen molar-refractivity contribution in [3.63, 3.8) is 0 Å². The molecule has 1 amide bonds. The van der Waals surface area contributed by atoms with Crippen LogP contribution < -0.4 is 14.8 Å².